The van der Waals surface area contributed by atoms with E-state index in [-0.39, 0.29) is 0 Å². The lowest BCUT2D eigenvalue weighted by atomic mass is 9.91. The van der Waals surface area contributed by atoms with Crippen LogP contribution >= 0.6 is 0 Å². The monoisotopic (exact) mass is 255 g/mol. The molecule has 2 N–H and O–H groups in total. The first-order valence-corrected chi connectivity index (χ1v) is 7.20. The van der Waals surface area contributed by atoms with Crippen LogP contribution in [0.15, 0.2) is 36.5 Å². The van der Waals surface area contributed by atoms with E-state index >= 15 is 0 Å². The van der Waals surface area contributed by atoms with Gasteiger partial charge in [0.15, 0.2) is 0 Å². The van der Waals surface area contributed by atoms with Crippen LogP contribution in [-0.4, -0.2) is 24.1 Å². The Balaban J connectivity index is 1.98. The lowest BCUT2D eigenvalue weighted by Crippen LogP contribution is -2.42. The Morgan fingerprint density at radius 1 is 1.21 bits per heavy atom. The van der Waals surface area contributed by atoms with E-state index in [1.807, 2.05) is 6.20 Å². The van der Waals surface area contributed by atoms with E-state index in [0.29, 0.717) is 6.04 Å². The Hall–Kier alpha value is -1.61. The minimum atomic E-state index is 0.657. The molecule has 0 saturated heterocycles. The number of nitrogens with zero attached hydrogens (tertiary/aromatic N) is 2. The first kappa shape index (κ1) is 12.4. The maximum absolute atomic E-state index is 5.68. The minimum Gasteiger partial charge on any atom is -0.353 e. The Kier molecular flexibility index (Phi) is 3.65. The van der Waals surface area contributed by atoms with E-state index in [1.165, 1.54) is 30.0 Å². The standard InChI is InChI=1S/C16H21N3/c17-10-4-12-19(14-6-3-7-14)16-15-8-2-1-5-13(15)9-11-18-16/h1-2,5,8-9,11,14H,3-4,6-7,10,12,17H2. The molecule has 0 spiro atoms. The van der Waals surface area contributed by atoms with Gasteiger partial charge in [-0.2, -0.15) is 0 Å². The predicted molar refractivity (Wildman–Crippen MR) is 80.4 cm³/mol. The van der Waals surface area contributed by atoms with Crippen molar-refractivity contribution >= 4 is 16.6 Å². The van der Waals surface area contributed by atoms with Gasteiger partial charge < -0.3 is 10.6 Å². The van der Waals surface area contributed by atoms with Gasteiger partial charge in [0.05, 0.1) is 0 Å². The van der Waals surface area contributed by atoms with E-state index in [1.54, 1.807) is 0 Å². The van der Waals surface area contributed by atoms with Crippen molar-refractivity contribution in [3.8, 4) is 0 Å². The van der Waals surface area contributed by atoms with Crippen LogP contribution in [0.1, 0.15) is 25.7 Å². The third kappa shape index (κ3) is 2.43. The zero-order valence-corrected chi connectivity index (χ0v) is 11.3. The SMILES string of the molecule is NCCCN(c1nccc2ccccc12)C1CCC1. The van der Waals surface area contributed by atoms with Crippen LogP contribution < -0.4 is 10.6 Å². The van der Waals surface area contributed by atoms with Gasteiger partial charge in [0.25, 0.3) is 0 Å². The van der Waals surface area contributed by atoms with Crippen LogP contribution in [-0.2, 0) is 0 Å². The van der Waals surface area contributed by atoms with Crippen molar-refractivity contribution in [2.75, 3.05) is 18.0 Å². The molecule has 0 radical (unpaired) electrons. The van der Waals surface area contributed by atoms with Crippen LogP contribution in [0.2, 0.25) is 0 Å². The molecular weight excluding hydrogens is 234 g/mol. The summed E-state index contributed by atoms with van der Waals surface area (Å²) in [5.74, 6) is 1.14. The van der Waals surface area contributed by atoms with Gasteiger partial charge in [-0.1, -0.05) is 24.3 Å². The normalized spacial score (nSPS) is 15.4. The smallest absolute Gasteiger partial charge is 0.136 e. The minimum absolute atomic E-state index is 0.657. The molecule has 0 amide bonds. The summed E-state index contributed by atoms with van der Waals surface area (Å²) >= 11 is 0. The molecule has 3 nitrogen and oxygen atoms in total. The second-order valence-electron chi connectivity index (χ2n) is 5.28. The summed E-state index contributed by atoms with van der Waals surface area (Å²) in [5, 5.41) is 2.53. The zero-order chi connectivity index (χ0) is 13.1. The lowest BCUT2D eigenvalue weighted by Gasteiger charge is -2.39. The van der Waals surface area contributed by atoms with Crippen molar-refractivity contribution in [3.63, 3.8) is 0 Å². The van der Waals surface area contributed by atoms with Crippen molar-refractivity contribution in [1.29, 1.82) is 0 Å². The van der Waals surface area contributed by atoms with E-state index < -0.39 is 0 Å². The number of rotatable bonds is 5. The number of nitrogens with two attached hydrogens (primary N) is 1. The highest BCUT2D eigenvalue weighted by molar-refractivity contribution is 5.92. The summed E-state index contributed by atoms with van der Waals surface area (Å²) in [7, 11) is 0. The van der Waals surface area contributed by atoms with Gasteiger partial charge in [0, 0.05) is 24.2 Å². The number of hydrogen-bond donors (Lipinski definition) is 1. The molecule has 1 aromatic carbocycles. The summed E-state index contributed by atoms with van der Waals surface area (Å²) in [6.45, 7) is 1.76. The lowest BCUT2D eigenvalue weighted by molar-refractivity contribution is 0.383. The van der Waals surface area contributed by atoms with Crippen LogP contribution in [0.5, 0.6) is 0 Å². The highest BCUT2D eigenvalue weighted by Gasteiger charge is 2.26. The molecule has 1 saturated carbocycles. The van der Waals surface area contributed by atoms with E-state index in [9.17, 15) is 0 Å². The number of anilines is 1. The molecule has 0 aliphatic heterocycles. The van der Waals surface area contributed by atoms with Gasteiger partial charge in [-0.15, -0.1) is 0 Å². The summed E-state index contributed by atoms with van der Waals surface area (Å²) < 4.78 is 0. The number of pyridine rings is 1. The van der Waals surface area contributed by atoms with Crippen molar-refractivity contribution < 1.29 is 0 Å². The van der Waals surface area contributed by atoms with Crippen LogP contribution in [0.4, 0.5) is 5.82 Å². The summed E-state index contributed by atoms with van der Waals surface area (Å²) in [6, 6.07) is 11.2. The third-order valence-corrected chi connectivity index (χ3v) is 4.04. The van der Waals surface area contributed by atoms with Crippen molar-refractivity contribution in [2.24, 2.45) is 5.73 Å². The molecule has 0 atom stereocenters. The highest BCUT2D eigenvalue weighted by Crippen LogP contribution is 2.32. The largest absolute Gasteiger partial charge is 0.353 e. The van der Waals surface area contributed by atoms with Gasteiger partial charge in [0.2, 0.25) is 0 Å². The summed E-state index contributed by atoms with van der Waals surface area (Å²) in [5.41, 5.74) is 5.68. The van der Waals surface area contributed by atoms with Crippen molar-refractivity contribution in [3.05, 3.63) is 36.5 Å². The average molecular weight is 255 g/mol. The quantitative estimate of drug-likeness (QED) is 0.893. The molecule has 1 aliphatic rings. The molecule has 0 unspecified atom stereocenters. The second kappa shape index (κ2) is 5.57. The van der Waals surface area contributed by atoms with Gasteiger partial charge in [-0.25, -0.2) is 4.98 Å². The number of fused-ring (bicyclic) bond motifs is 1. The molecule has 1 fully saturated rings. The Bertz CT molecular complexity index is 543. The first-order chi connectivity index (χ1) is 9.40. The average Bonchev–Trinajstić information content (AvgIpc) is 2.41. The fourth-order valence-corrected chi connectivity index (χ4v) is 2.75. The van der Waals surface area contributed by atoms with Gasteiger partial charge in [-0.3, -0.25) is 0 Å². The van der Waals surface area contributed by atoms with E-state index in [2.05, 4.69) is 40.2 Å². The molecule has 2 aromatic rings. The molecule has 1 aliphatic carbocycles. The molecular formula is C16H21N3. The van der Waals surface area contributed by atoms with Gasteiger partial charge in [-0.05, 0) is 43.7 Å². The fraction of sp³-hybridized carbons (Fsp3) is 0.438. The topological polar surface area (TPSA) is 42.1 Å². The van der Waals surface area contributed by atoms with E-state index in [0.717, 1.165) is 25.3 Å². The van der Waals surface area contributed by atoms with Crippen LogP contribution in [0.25, 0.3) is 10.8 Å². The Labute approximate surface area is 114 Å². The zero-order valence-electron chi connectivity index (χ0n) is 11.3. The van der Waals surface area contributed by atoms with Crippen LogP contribution in [0.3, 0.4) is 0 Å². The Morgan fingerprint density at radius 3 is 2.79 bits per heavy atom. The van der Waals surface area contributed by atoms with Gasteiger partial charge in [0.1, 0.15) is 5.82 Å². The summed E-state index contributed by atoms with van der Waals surface area (Å²) in [4.78, 5) is 7.12. The molecule has 3 rings (SSSR count). The molecule has 1 heterocycles. The van der Waals surface area contributed by atoms with Crippen molar-refractivity contribution in [2.45, 2.75) is 31.7 Å². The first-order valence-electron chi connectivity index (χ1n) is 7.20. The number of hydrogen-bond acceptors (Lipinski definition) is 3. The fourth-order valence-electron chi connectivity index (χ4n) is 2.75. The third-order valence-electron chi connectivity index (χ3n) is 4.04. The van der Waals surface area contributed by atoms with Crippen LogP contribution in [0, 0.1) is 0 Å². The second-order valence-corrected chi connectivity index (χ2v) is 5.28. The van der Waals surface area contributed by atoms with Gasteiger partial charge >= 0.3 is 0 Å². The molecule has 0 bridgehead atoms. The van der Waals surface area contributed by atoms with E-state index in [4.69, 9.17) is 5.73 Å². The maximum Gasteiger partial charge on any atom is 0.136 e. The summed E-state index contributed by atoms with van der Waals surface area (Å²) in [6.07, 6.45) is 6.87. The molecule has 19 heavy (non-hydrogen) atoms. The predicted octanol–water partition coefficient (Wildman–Crippen LogP) is 2.94. The molecule has 3 heteroatoms. The number of benzene rings is 1. The Morgan fingerprint density at radius 2 is 2.05 bits per heavy atom. The maximum atomic E-state index is 5.68. The van der Waals surface area contributed by atoms with Crippen molar-refractivity contribution in [1.82, 2.24) is 4.98 Å². The molecule has 100 valence electrons. The number of aromatic nitrogens is 1. The highest BCUT2D eigenvalue weighted by atomic mass is 15.2. The molecule has 1 aromatic heterocycles.